The molecule has 0 aliphatic carbocycles. The first-order valence-corrected chi connectivity index (χ1v) is 8.04. The molecule has 3 aliphatic rings. The van der Waals surface area contributed by atoms with Gasteiger partial charge >= 0.3 is 0 Å². The largest absolute Gasteiger partial charge is 0.312 e. The van der Waals surface area contributed by atoms with Gasteiger partial charge in [-0.15, -0.1) is 0 Å². The summed E-state index contributed by atoms with van der Waals surface area (Å²) in [6.45, 7) is 8.93. The summed E-state index contributed by atoms with van der Waals surface area (Å²) < 4.78 is 0. The number of piperidine rings is 1. The van der Waals surface area contributed by atoms with Gasteiger partial charge in [-0.1, -0.05) is 0 Å². The van der Waals surface area contributed by atoms with Crippen molar-refractivity contribution in [2.24, 2.45) is 0 Å². The maximum absolute atomic E-state index is 3.84. The Hall–Kier alpha value is -0.120. The molecule has 104 valence electrons. The molecule has 0 aromatic rings. The fourth-order valence-corrected chi connectivity index (χ4v) is 4.06. The number of fused-ring (bicyclic) bond motifs is 1. The lowest BCUT2D eigenvalue weighted by atomic mass is 9.97. The van der Waals surface area contributed by atoms with Crippen LogP contribution in [-0.2, 0) is 0 Å². The molecule has 3 nitrogen and oxygen atoms in total. The van der Waals surface area contributed by atoms with Crippen LogP contribution in [0.1, 0.15) is 45.4 Å². The number of likely N-dealkylation sites (tertiary alicyclic amines) is 1. The van der Waals surface area contributed by atoms with Gasteiger partial charge in [-0.05, 0) is 71.6 Å². The van der Waals surface area contributed by atoms with E-state index < -0.39 is 0 Å². The molecule has 3 unspecified atom stereocenters. The van der Waals surface area contributed by atoms with Crippen molar-refractivity contribution in [1.29, 1.82) is 0 Å². The van der Waals surface area contributed by atoms with Crippen LogP contribution in [0.15, 0.2) is 0 Å². The van der Waals surface area contributed by atoms with Crippen LogP contribution in [0.5, 0.6) is 0 Å². The standard InChI is InChI=1S/C15H29N3/c1-13(17-7-2-3-8-17)12-16-14-6-10-18-9-4-5-15(18)11-14/h13-16H,2-12H2,1H3. The third kappa shape index (κ3) is 2.89. The van der Waals surface area contributed by atoms with Gasteiger partial charge in [0.25, 0.3) is 0 Å². The van der Waals surface area contributed by atoms with Crippen LogP contribution >= 0.6 is 0 Å². The summed E-state index contributed by atoms with van der Waals surface area (Å²) in [7, 11) is 0. The van der Waals surface area contributed by atoms with Gasteiger partial charge in [-0.25, -0.2) is 0 Å². The van der Waals surface area contributed by atoms with Crippen LogP contribution in [0.3, 0.4) is 0 Å². The van der Waals surface area contributed by atoms with E-state index in [1.807, 2.05) is 0 Å². The summed E-state index contributed by atoms with van der Waals surface area (Å²) in [6, 6.07) is 2.42. The van der Waals surface area contributed by atoms with E-state index in [1.54, 1.807) is 0 Å². The number of rotatable bonds is 4. The molecule has 3 aliphatic heterocycles. The zero-order chi connectivity index (χ0) is 12.4. The molecule has 3 heterocycles. The van der Waals surface area contributed by atoms with Gasteiger partial charge in [0.15, 0.2) is 0 Å². The van der Waals surface area contributed by atoms with E-state index in [2.05, 4.69) is 22.0 Å². The summed E-state index contributed by atoms with van der Waals surface area (Å²) in [5.41, 5.74) is 0. The minimum absolute atomic E-state index is 0.731. The fourth-order valence-electron chi connectivity index (χ4n) is 4.06. The summed E-state index contributed by atoms with van der Waals surface area (Å²) in [5.74, 6) is 0. The quantitative estimate of drug-likeness (QED) is 0.820. The van der Waals surface area contributed by atoms with Crippen LogP contribution in [0, 0.1) is 0 Å². The molecule has 1 N–H and O–H groups in total. The summed E-state index contributed by atoms with van der Waals surface area (Å²) >= 11 is 0. The smallest absolute Gasteiger partial charge is 0.0192 e. The SMILES string of the molecule is CC(CNC1CCN2CCCC2C1)N1CCCC1. The van der Waals surface area contributed by atoms with Crippen molar-refractivity contribution >= 4 is 0 Å². The Morgan fingerprint density at radius 3 is 2.72 bits per heavy atom. The van der Waals surface area contributed by atoms with Gasteiger partial charge in [0, 0.05) is 24.7 Å². The van der Waals surface area contributed by atoms with Crippen LogP contribution in [0.25, 0.3) is 0 Å². The lowest BCUT2D eigenvalue weighted by Gasteiger charge is -2.36. The van der Waals surface area contributed by atoms with Crippen LogP contribution in [0.2, 0.25) is 0 Å². The molecule has 0 spiro atoms. The van der Waals surface area contributed by atoms with E-state index in [0.29, 0.717) is 0 Å². The molecule has 0 bridgehead atoms. The zero-order valence-electron chi connectivity index (χ0n) is 11.9. The highest BCUT2D eigenvalue weighted by Crippen LogP contribution is 2.26. The third-order valence-corrected chi connectivity index (χ3v) is 5.29. The van der Waals surface area contributed by atoms with E-state index in [-0.39, 0.29) is 0 Å². The minimum Gasteiger partial charge on any atom is -0.312 e. The lowest BCUT2D eigenvalue weighted by molar-refractivity contribution is 0.159. The van der Waals surface area contributed by atoms with Gasteiger partial charge in [0.05, 0.1) is 0 Å². The Labute approximate surface area is 112 Å². The molecule has 0 saturated carbocycles. The van der Waals surface area contributed by atoms with E-state index in [0.717, 1.165) is 18.1 Å². The van der Waals surface area contributed by atoms with Crippen LogP contribution < -0.4 is 5.32 Å². The van der Waals surface area contributed by atoms with Gasteiger partial charge in [-0.3, -0.25) is 4.90 Å². The Kier molecular flexibility index (Phi) is 4.22. The molecule has 3 atom stereocenters. The van der Waals surface area contributed by atoms with Crippen LogP contribution in [-0.4, -0.2) is 60.6 Å². The highest BCUT2D eigenvalue weighted by atomic mass is 15.2. The average molecular weight is 251 g/mol. The van der Waals surface area contributed by atoms with Gasteiger partial charge in [-0.2, -0.15) is 0 Å². The zero-order valence-corrected chi connectivity index (χ0v) is 11.9. The van der Waals surface area contributed by atoms with Crippen molar-refractivity contribution in [3.8, 4) is 0 Å². The van der Waals surface area contributed by atoms with E-state index in [9.17, 15) is 0 Å². The monoisotopic (exact) mass is 251 g/mol. The Morgan fingerprint density at radius 2 is 1.89 bits per heavy atom. The number of hydrogen-bond acceptors (Lipinski definition) is 3. The highest BCUT2D eigenvalue weighted by Gasteiger charge is 2.31. The Morgan fingerprint density at radius 1 is 1.06 bits per heavy atom. The molecule has 0 radical (unpaired) electrons. The molecule has 3 heteroatoms. The van der Waals surface area contributed by atoms with Crippen LogP contribution in [0.4, 0.5) is 0 Å². The van der Waals surface area contributed by atoms with Gasteiger partial charge in [0.1, 0.15) is 0 Å². The highest BCUT2D eigenvalue weighted by molar-refractivity contribution is 4.89. The first kappa shape index (κ1) is 12.9. The normalized spacial score (nSPS) is 35.8. The molecular weight excluding hydrogens is 222 g/mol. The van der Waals surface area contributed by atoms with Crippen molar-refractivity contribution in [2.45, 2.75) is 63.6 Å². The molecule has 3 saturated heterocycles. The minimum atomic E-state index is 0.731. The fraction of sp³-hybridized carbons (Fsp3) is 1.00. The molecule has 18 heavy (non-hydrogen) atoms. The maximum Gasteiger partial charge on any atom is 0.0192 e. The van der Waals surface area contributed by atoms with Crippen molar-refractivity contribution in [1.82, 2.24) is 15.1 Å². The predicted molar refractivity (Wildman–Crippen MR) is 75.9 cm³/mol. The van der Waals surface area contributed by atoms with Crippen molar-refractivity contribution < 1.29 is 0 Å². The molecular formula is C15H29N3. The maximum atomic E-state index is 3.84. The second-order valence-corrected chi connectivity index (χ2v) is 6.55. The second-order valence-electron chi connectivity index (χ2n) is 6.55. The predicted octanol–water partition coefficient (Wildman–Crippen LogP) is 1.69. The van der Waals surface area contributed by atoms with Gasteiger partial charge < -0.3 is 10.2 Å². The summed E-state index contributed by atoms with van der Waals surface area (Å²) in [4.78, 5) is 5.36. The second kappa shape index (κ2) is 5.89. The number of hydrogen-bond donors (Lipinski definition) is 1. The molecule has 3 fully saturated rings. The van der Waals surface area contributed by atoms with Crippen molar-refractivity contribution in [3.63, 3.8) is 0 Å². The first-order chi connectivity index (χ1) is 8.83. The average Bonchev–Trinajstić information content (AvgIpc) is 3.05. The molecule has 3 rings (SSSR count). The van der Waals surface area contributed by atoms with E-state index >= 15 is 0 Å². The Bertz CT molecular complexity index is 262. The third-order valence-electron chi connectivity index (χ3n) is 5.29. The molecule has 0 aromatic heterocycles. The topological polar surface area (TPSA) is 18.5 Å². The van der Waals surface area contributed by atoms with Gasteiger partial charge in [0.2, 0.25) is 0 Å². The summed E-state index contributed by atoms with van der Waals surface area (Å²) in [5, 5.41) is 3.84. The lowest BCUT2D eigenvalue weighted by Crippen LogP contribution is -2.48. The molecule has 0 aromatic carbocycles. The molecule has 0 amide bonds. The van der Waals surface area contributed by atoms with Crippen molar-refractivity contribution in [2.75, 3.05) is 32.7 Å². The van der Waals surface area contributed by atoms with E-state index in [4.69, 9.17) is 0 Å². The Balaban J connectivity index is 1.40. The summed E-state index contributed by atoms with van der Waals surface area (Å²) in [6.07, 6.45) is 8.45. The number of nitrogens with one attached hydrogen (secondary N) is 1. The van der Waals surface area contributed by atoms with E-state index in [1.165, 1.54) is 71.2 Å². The number of nitrogens with zero attached hydrogens (tertiary/aromatic N) is 2. The first-order valence-electron chi connectivity index (χ1n) is 8.04. The van der Waals surface area contributed by atoms with Crippen molar-refractivity contribution in [3.05, 3.63) is 0 Å².